The second-order valence-corrected chi connectivity index (χ2v) is 18.5. The van der Waals surface area contributed by atoms with Crippen LogP contribution in [0.15, 0.2) is 12.2 Å². The number of aliphatic carboxylic acids is 1. The number of amides is 2. The van der Waals surface area contributed by atoms with Gasteiger partial charge in [0.25, 0.3) is 0 Å². The lowest BCUT2D eigenvalue weighted by molar-refractivity contribution is -0.246. The number of aliphatic hydroxyl groups excluding tert-OH is 1. The second-order valence-electron chi connectivity index (χ2n) is 18.5. The van der Waals surface area contributed by atoms with E-state index in [2.05, 4.69) is 58.8 Å². The Morgan fingerprint density at radius 2 is 1.44 bits per heavy atom. The van der Waals surface area contributed by atoms with Gasteiger partial charge in [-0.2, -0.15) is 0 Å². The minimum Gasteiger partial charge on any atom is -0.481 e. The van der Waals surface area contributed by atoms with E-state index in [-0.39, 0.29) is 52.1 Å². The SMILES string of the molecule is C=C(C)[C@@H]1CC[C@]2(C(=O)NCCCCCCCC(=O)NCCC(=O)O)CC[C@]3(C)[C@H](CCC4[C@@]5(C)CC[C@H](O)C(C)(C)[C@@H]5CC[C@]43C)[C@@H]12. The van der Waals surface area contributed by atoms with Crippen LogP contribution in [0, 0.1) is 56.7 Å². The maximum Gasteiger partial charge on any atom is 0.305 e. The first kappa shape index (κ1) is 37.4. The lowest BCUT2D eigenvalue weighted by atomic mass is 9.32. The van der Waals surface area contributed by atoms with Gasteiger partial charge in [-0.05, 0) is 135 Å². The van der Waals surface area contributed by atoms with Crippen LogP contribution in [0.2, 0.25) is 0 Å². The Morgan fingerprint density at radius 3 is 2.15 bits per heavy atom. The zero-order valence-corrected chi connectivity index (χ0v) is 31.2. The molecule has 0 radical (unpaired) electrons. The molecule has 0 aliphatic heterocycles. The predicted octanol–water partition coefficient (Wildman–Crippen LogP) is 8.05. The highest BCUT2D eigenvalue weighted by atomic mass is 16.4. The third kappa shape index (κ3) is 6.30. The Kier molecular flexibility index (Phi) is 10.9. The van der Waals surface area contributed by atoms with E-state index in [1.54, 1.807) is 0 Å². The summed E-state index contributed by atoms with van der Waals surface area (Å²) in [6.07, 6.45) is 16.1. The van der Waals surface area contributed by atoms with Crippen molar-refractivity contribution in [2.24, 2.45) is 56.7 Å². The van der Waals surface area contributed by atoms with Gasteiger partial charge in [0.2, 0.25) is 11.8 Å². The van der Waals surface area contributed by atoms with Crippen LogP contribution >= 0.6 is 0 Å². The van der Waals surface area contributed by atoms with Crippen molar-refractivity contribution in [1.29, 1.82) is 0 Å². The lowest BCUT2D eigenvalue weighted by Crippen LogP contribution is -2.67. The summed E-state index contributed by atoms with van der Waals surface area (Å²) in [7, 11) is 0. The summed E-state index contributed by atoms with van der Waals surface area (Å²) >= 11 is 0. The Morgan fingerprint density at radius 1 is 0.729 bits per heavy atom. The normalized spacial score (nSPS) is 41.2. The third-order valence-electron chi connectivity index (χ3n) is 16.0. The van der Waals surface area contributed by atoms with Crippen molar-refractivity contribution in [3.8, 4) is 0 Å². The summed E-state index contributed by atoms with van der Waals surface area (Å²) in [6.45, 7) is 20.1. The number of allylic oxidation sites excluding steroid dienone is 1. The topological polar surface area (TPSA) is 116 Å². The second kappa shape index (κ2) is 14.0. The van der Waals surface area contributed by atoms with E-state index in [1.807, 2.05) is 0 Å². The molecule has 5 aliphatic rings. The van der Waals surface area contributed by atoms with Gasteiger partial charge in [-0.15, -0.1) is 0 Å². The summed E-state index contributed by atoms with van der Waals surface area (Å²) in [5.74, 6) is 1.85. The van der Waals surface area contributed by atoms with Gasteiger partial charge in [-0.3, -0.25) is 14.4 Å². The molecule has 10 atom stereocenters. The number of carbonyl (C=O) groups excluding carboxylic acids is 2. The van der Waals surface area contributed by atoms with Crippen molar-refractivity contribution in [2.45, 2.75) is 157 Å². The number of aliphatic hydroxyl groups is 1. The van der Waals surface area contributed by atoms with Gasteiger partial charge in [0.1, 0.15) is 0 Å². The van der Waals surface area contributed by atoms with Crippen molar-refractivity contribution in [3.63, 3.8) is 0 Å². The summed E-state index contributed by atoms with van der Waals surface area (Å²) < 4.78 is 0. The molecule has 272 valence electrons. The molecule has 1 unspecified atom stereocenters. The lowest BCUT2D eigenvalue weighted by Gasteiger charge is -2.72. The van der Waals surface area contributed by atoms with E-state index in [0.717, 1.165) is 70.6 Å². The van der Waals surface area contributed by atoms with Gasteiger partial charge in [0.05, 0.1) is 17.9 Å². The molecule has 2 amide bonds. The first-order chi connectivity index (χ1) is 22.5. The monoisotopic (exact) mass is 669 g/mol. The minimum absolute atomic E-state index is 0.0383. The molecule has 0 bridgehead atoms. The molecule has 7 nitrogen and oxygen atoms in total. The van der Waals surface area contributed by atoms with Gasteiger partial charge < -0.3 is 20.8 Å². The zero-order chi connectivity index (χ0) is 35.1. The van der Waals surface area contributed by atoms with Gasteiger partial charge >= 0.3 is 5.97 Å². The molecule has 5 fully saturated rings. The number of carboxylic acids is 1. The van der Waals surface area contributed by atoms with E-state index >= 15 is 0 Å². The van der Waals surface area contributed by atoms with E-state index in [1.165, 1.54) is 31.3 Å². The molecule has 0 aromatic heterocycles. The van der Waals surface area contributed by atoms with E-state index < -0.39 is 5.97 Å². The maximum atomic E-state index is 14.3. The molecular formula is C41H68N2O5. The Hall–Kier alpha value is -1.89. The number of hydrogen-bond acceptors (Lipinski definition) is 4. The smallest absolute Gasteiger partial charge is 0.305 e. The number of fused-ring (bicyclic) bond motifs is 7. The van der Waals surface area contributed by atoms with E-state index in [9.17, 15) is 19.5 Å². The predicted molar refractivity (Wildman–Crippen MR) is 191 cm³/mol. The number of carboxylic acid groups (broad SMARTS) is 1. The van der Waals surface area contributed by atoms with Gasteiger partial charge in [-0.25, -0.2) is 0 Å². The molecule has 0 heterocycles. The van der Waals surface area contributed by atoms with Crippen LogP contribution in [0.5, 0.6) is 0 Å². The van der Waals surface area contributed by atoms with Crippen LogP contribution in [-0.4, -0.2) is 47.2 Å². The van der Waals surface area contributed by atoms with E-state index in [0.29, 0.717) is 48.5 Å². The Balaban J connectivity index is 1.21. The average molecular weight is 669 g/mol. The molecule has 5 aliphatic carbocycles. The molecule has 0 aromatic carbocycles. The van der Waals surface area contributed by atoms with Crippen molar-refractivity contribution < 1.29 is 24.6 Å². The van der Waals surface area contributed by atoms with Crippen molar-refractivity contribution in [2.75, 3.05) is 13.1 Å². The van der Waals surface area contributed by atoms with Crippen molar-refractivity contribution in [3.05, 3.63) is 12.2 Å². The highest BCUT2D eigenvalue weighted by Gasteiger charge is 2.71. The van der Waals surface area contributed by atoms with Crippen LogP contribution in [0.4, 0.5) is 0 Å². The molecule has 0 aromatic rings. The zero-order valence-electron chi connectivity index (χ0n) is 31.2. The maximum absolute atomic E-state index is 14.3. The van der Waals surface area contributed by atoms with Crippen LogP contribution < -0.4 is 10.6 Å². The number of rotatable bonds is 13. The summed E-state index contributed by atoms with van der Waals surface area (Å²) in [4.78, 5) is 36.8. The molecule has 0 spiro atoms. The first-order valence-electron chi connectivity index (χ1n) is 19.6. The average Bonchev–Trinajstić information content (AvgIpc) is 3.42. The summed E-state index contributed by atoms with van der Waals surface area (Å²) in [6, 6.07) is 0. The fraction of sp³-hybridized carbons (Fsp3) is 0.878. The number of carbonyl (C=O) groups is 3. The van der Waals surface area contributed by atoms with Crippen LogP contribution in [0.25, 0.3) is 0 Å². The largest absolute Gasteiger partial charge is 0.481 e. The number of unbranched alkanes of at least 4 members (excludes halogenated alkanes) is 4. The molecule has 7 heteroatoms. The van der Waals surface area contributed by atoms with Gasteiger partial charge in [0, 0.05) is 19.5 Å². The molecule has 4 N–H and O–H groups in total. The summed E-state index contributed by atoms with van der Waals surface area (Å²) in [5, 5.41) is 25.9. The molecule has 5 rings (SSSR count). The molecule has 48 heavy (non-hydrogen) atoms. The van der Waals surface area contributed by atoms with Gasteiger partial charge in [0.15, 0.2) is 0 Å². The fourth-order valence-electron chi connectivity index (χ4n) is 13.2. The van der Waals surface area contributed by atoms with Crippen LogP contribution in [0.3, 0.4) is 0 Å². The minimum atomic E-state index is -0.900. The quantitative estimate of drug-likeness (QED) is 0.117. The first-order valence-corrected chi connectivity index (χ1v) is 19.6. The highest BCUT2D eigenvalue weighted by molar-refractivity contribution is 5.84. The molecule has 0 saturated heterocycles. The van der Waals surface area contributed by atoms with Crippen molar-refractivity contribution in [1.82, 2.24) is 10.6 Å². The van der Waals surface area contributed by atoms with Gasteiger partial charge in [-0.1, -0.05) is 66.0 Å². The Labute approximate surface area is 291 Å². The summed E-state index contributed by atoms with van der Waals surface area (Å²) in [5.41, 5.74) is 1.63. The Bertz CT molecular complexity index is 1230. The van der Waals surface area contributed by atoms with Crippen molar-refractivity contribution >= 4 is 17.8 Å². The van der Waals surface area contributed by atoms with Crippen LogP contribution in [0.1, 0.15) is 151 Å². The molecule has 5 saturated carbocycles. The van der Waals surface area contributed by atoms with E-state index in [4.69, 9.17) is 5.11 Å². The number of nitrogens with one attached hydrogen (secondary N) is 2. The fourth-order valence-corrected chi connectivity index (χ4v) is 13.2. The third-order valence-corrected chi connectivity index (χ3v) is 16.0. The molecular weight excluding hydrogens is 600 g/mol. The number of hydrogen-bond donors (Lipinski definition) is 4. The standard InChI is InChI=1S/C41H68N2O5/c1-27(2)28-16-22-41(36(48)43-25-12-10-8-9-11-13-33(45)42-26-19-34(46)47)24-23-39(6)29(35(28)41)14-15-31-38(5)20-18-32(44)37(3,4)30(38)17-21-40(31,39)7/h28-32,35,44H,1,8-26H2,2-7H3,(H,42,45)(H,43,48)(H,46,47)/t28-,29+,30-,31?,32-,35+,38-,39+,40+,41-/m0/s1. The highest BCUT2D eigenvalue weighted by Crippen LogP contribution is 2.77. The van der Waals surface area contributed by atoms with Crippen LogP contribution in [-0.2, 0) is 14.4 Å².